The number of thiazole rings is 1. The van der Waals surface area contributed by atoms with Gasteiger partial charge < -0.3 is 5.32 Å². The number of rotatable bonds is 4. The largest absolute Gasteiger partial charge is 0.365 e. The first-order valence-electron chi connectivity index (χ1n) is 5.37. The maximum absolute atomic E-state index is 4.41. The van der Waals surface area contributed by atoms with E-state index in [0.717, 1.165) is 35.2 Å². The van der Waals surface area contributed by atoms with Gasteiger partial charge in [-0.25, -0.2) is 4.98 Å². The molecule has 0 amide bonds. The number of anilines is 1. The Hall–Kier alpha value is -1.36. The monoisotopic (exact) mass is 236 g/mol. The third kappa shape index (κ3) is 2.41. The predicted octanol–water partition coefficient (Wildman–Crippen LogP) is 2.36. The van der Waals surface area contributed by atoms with Crippen molar-refractivity contribution in [3.63, 3.8) is 0 Å². The number of aromatic nitrogens is 3. The lowest BCUT2D eigenvalue weighted by molar-refractivity contribution is 0.747. The summed E-state index contributed by atoms with van der Waals surface area (Å²) in [6.45, 7) is 4.89. The summed E-state index contributed by atoms with van der Waals surface area (Å²) < 4.78 is 1.87. The zero-order valence-electron chi connectivity index (χ0n) is 9.82. The molecule has 2 aromatic rings. The van der Waals surface area contributed by atoms with E-state index in [0.29, 0.717) is 0 Å². The summed E-state index contributed by atoms with van der Waals surface area (Å²) in [6.07, 6.45) is 0.964. The van der Waals surface area contributed by atoms with Crippen molar-refractivity contribution in [2.75, 3.05) is 5.32 Å². The van der Waals surface area contributed by atoms with Gasteiger partial charge in [0.25, 0.3) is 0 Å². The molecule has 86 valence electrons. The third-order valence-corrected chi connectivity index (χ3v) is 3.23. The molecule has 4 nitrogen and oxygen atoms in total. The Morgan fingerprint density at radius 3 is 2.81 bits per heavy atom. The molecule has 2 aromatic heterocycles. The quantitative estimate of drug-likeness (QED) is 0.886. The fourth-order valence-electron chi connectivity index (χ4n) is 1.54. The number of hydrogen-bond acceptors (Lipinski definition) is 4. The van der Waals surface area contributed by atoms with Crippen LogP contribution in [0.1, 0.15) is 23.3 Å². The van der Waals surface area contributed by atoms with Crippen LogP contribution < -0.4 is 5.32 Å². The highest BCUT2D eigenvalue weighted by atomic mass is 32.1. The molecule has 2 rings (SSSR count). The van der Waals surface area contributed by atoms with Crippen molar-refractivity contribution < 1.29 is 0 Å². The first-order chi connectivity index (χ1) is 7.69. The van der Waals surface area contributed by atoms with E-state index in [2.05, 4.69) is 33.8 Å². The van der Waals surface area contributed by atoms with E-state index in [4.69, 9.17) is 0 Å². The molecule has 0 aromatic carbocycles. The van der Waals surface area contributed by atoms with E-state index >= 15 is 0 Å². The number of nitrogens with zero attached hydrogens (tertiary/aromatic N) is 3. The standard InChI is InChI=1S/C11H16N4S/c1-4-9-5-11(15(3)14-9)12-6-10-7-16-8(2)13-10/h5,7,12H,4,6H2,1-3H3. The summed E-state index contributed by atoms with van der Waals surface area (Å²) in [5, 5.41) is 10.9. The molecule has 0 saturated carbocycles. The van der Waals surface area contributed by atoms with Crippen molar-refractivity contribution in [3.8, 4) is 0 Å². The maximum Gasteiger partial charge on any atom is 0.124 e. The zero-order chi connectivity index (χ0) is 11.5. The van der Waals surface area contributed by atoms with Crippen molar-refractivity contribution in [2.24, 2.45) is 7.05 Å². The Bertz CT molecular complexity index is 472. The number of aryl methyl sites for hydroxylation is 3. The molecule has 0 atom stereocenters. The second-order valence-electron chi connectivity index (χ2n) is 3.71. The van der Waals surface area contributed by atoms with Gasteiger partial charge in [-0.1, -0.05) is 6.92 Å². The van der Waals surface area contributed by atoms with Crippen LogP contribution in [0.15, 0.2) is 11.4 Å². The minimum atomic E-state index is 0.757. The van der Waals surface area contributed by atoms with Gasteiger partial charge in [0, 0.05) is 18.5 Å². The van der Waals surface area contributed by atoms with E-state index in [1.54, 1.807) is 11.3 Å². The molecule has 0 aliphatic rings. The molecule has 0 unspecified atom stereocenters. The van der Waals surface area contributed by atoms with Crippen molar-refractivity contribution in [2.45, 2.75) is 26.8 Å². The lowest BCUT2D eigenvalue weighted by atomic mass is 10.3. The Morgan fingerprint density at radius 2 is 2.25 bits per heavy atom. The lowest BCUT2D eigenvalue weighted by Gasteiger charge is -2.03. The second kappa shape index (κ2) is 4.65. The van der Waals surface area contributed by atoms with Crippen molar-refractivity contribution in [1.29, 1.82) is 0 Å². The van der Waals surface area contributed by atoms with Crippen LogP contribution >= 0.6 is 11.3 Å². The Morgan fingerprint density at radius 1 is 1.44 bits per heavy atom. The molecule has 0 aliphatic heterocycles. The van der Waals surface area contributed by atoms with E-state index < -0.39 is 0 Å². The highest BCUT2D eigenvalue weighted by molar-refractivity contribution is 7.09. The second-order valence-corrected chi connectivity index (χ2v) is 4.77. The molecule has 2 heterocycles. The zero-order valence-corrected chi connectivity index (χ0v) is 10.6. The van der Waals surface area contributed by atoms with Crippen LogP contribution in [0.5, 0.6) is 0 Å². The summed E-state index contributed by atoms with van der Waals surface area (Å²) >= 11 is 1.68. The first-order valence-corrected chi connectivity index (χ1v) is 6.24. The summed E-state index contributed by atoms with van der Waals surface area (Å²) in [6, 6.07) is 2.08. The fourth-order valence-corrected chi connectivity index (χ4v) is 2.15. The molecule has 5 heteroatoms. The topological polar surface area (TPSA) is 42.7 Å². The van der Waals surface area contributed by atoms with E-state index in [-0.39, 0.29) is 0 Å². The molecule has 0 spiro atoms. The van der Waals surface area contributed by atoms with Crippen molar-refractivity contribution in [1.82, 2.24) is 14.8 Å². The van der Waals surface area contributed by atoms with E-state index in [1.807, 2.05) is 18.7 Å². The SMILES string of the molecule is CCc1cc(NCc2csc(C)n2)n(C)n1. The molecule has 0 radical (unpaired) electrons. The minimum Gasteiger partial charge on any atom is -0.365 e. The maximum atomic E-state index is 4.41. The first kappa shape index (κ1) is 11.1. The number of nitrogens with one attached hydrogen (secondary N) is 1. The van der Waals surface area contributed by atoms with E-state index in [1.165, 1.54) is 0 Å². The Kier molecular flexibility index (Phi) is 3.24. The van der Waals surface area contributed by atoms with Crippen molar-refractivity contribution in [3.05, 3.63) is 27.8 Å². The predicted molar refractivity (Wildman–Crippen MR) is 66.8 cm³/mol. The number of hydrogen-bond donors (Lipinski definition) is 1. The average molecular weight is 236 g/mol. The van der Waals surface area contributed by atoms with Crippen LogP contribution in [-0.2, 0) is 20.0 Å². The van der Waals surface area contributed by atoms with Gasteiger partial charge >= 0.3 is 0 Å². The average Bonchev–Trinajstić information content (AvgIpc) is 2.82. The van der Waals surface area contributed by atoms with Crippen LogP contribution in [0.2, 0.25) is 0 Å². The molecule has 16 heavy (non-hydrogen) atoms. The van der Waals surface area contributed by atoms with Gasteiger partial charge in [0.1, 0.15) is 5.82 Å². The Balaban J connectivity index is 2.01. The minimum absolute atomic E-state index is 0.757. The summed E-state index contributed by atoms with van der Waals surface area (Å²) in [4.78, 5) is 4.41. The van der Waals surface area contributed by atoms with Gasteiger partial charge in [0.2, 0.25) is 0 Å². The van der Waals surface area contributed by atoms with Gasteiger partial charge in [-0.05, 0) is 13.3 Å². The van der Waals surface area contributed by atoms with Gasteiger partial charge in [-0.2, -0.15) is 5.10 Å². The smallest absolute Gasteiger partial charge is 0.124 e. The third-order valence-electron chi connectivity index (χ3n) is 2.41. The van der Waals surface area contributed by atoms with Crippen molar-refractivity contribution >= 4 is 17.2 Å². The van der Waals surface area contributed by atoms with Gasteiger partial charge in [0.05, 0.1) is 22.9 Å². The summed E-state index contributed by atoms with van der Waals surface area (Å²) in [7, 11) is 1.95. The van der Waals surface area contributed by atoms with Crippen LogP contribution in [0.4, 0.5) is 5.82 Å². The Labute approximate surface area is 99.3 Å². The molecular formula is C11H16N4S. The summed E-state index contributed by atoms with van der Waals surface area (Å²) in [5.74, 6) is 1.04. The molecule has 0 saturated heterocycles. The highest BCUT2D eigenvalue weighted by Crippen LogP contribution is 2.13. The van der Waals surface area contributed by atoms with Crippen LogP contribution in [0, 0.1) is 6.92 Å². The van der Waals surface area contributed by atoms with Gasteiger partial charge in [-0.15, -0.1) is 11.3 Å². The lowest BCUT2D eigenvalue weighted by Crippen LogP contribution is -2.04. The molecule has 0 aliphatic carbocycles. The van der Waals surface area contributed by atoms with Gasteiger partial charge in [0.15, 0.2) is 0 Å². The molecule has 0 fully saturated rings. The van der Waals surface area contributed by atoms with Gasteiger partial charge in [-0.3, -0.25) is 4.68 Å². The highest BCUT2D eigenvalue weighted by Gasteiger charge is 2.04. The van der Waals surface area contributed by atoms with Crippen LogP contribution in [-0.4, -0.2) is 14.8 Å². The van der Waals surface area contributed by atoms with Crippen LogP contribution in [0.3, 0.4) is 0 Å². The molecule has 1 N–H and O–H groups in total. The normalized spacial score (nSPS) is 10.7. The van der Waals surface area contributed by atoms with E-state index in [9.17, 15) is 0 Å². The summed E-state index contributed by atoms with van der Waals surface area (Å²) in [5.41, 5.74) is 2.20. The fraction of sp³-hybridized carbons (Fsp3) is 0.455. The molecular weight excluding hydrogens is 220 g/mol. The molecule has 0 bridgehead atoms. The van der Waals surface area contributed by atoms with Crippen LogP contribution in [0.25, 0.3) is 0 Å².